The second kappa shape index (κ2) is 5.76. The highest BCUT2D eigenvalue weighted by atomic mass is 32.1. The standard InChI is InChI=1S/C16H19N3OS2/c1-11-7-18-5-2-3-13(18)8-19(11)16(20)14-10-22-15(17-14)12-4-6-21-9-12/h4,6,9-11,13H,2-3,5,7-8H2,1H3/t11-,13+/m0/s1. The van der Waals surface area contributed by atoms with Crippen molar-refractivity contribution in [1.29, 1.82) is 0 Å². The van der Waals surface area contributed by atoms with E-state index < -0.39 is 0 Å². The molecule has 0 saturated carbocycles. The summed E-state index contributed by atoms with van der Waals surface area (Å²) in [5.74, 6) is 0.0942. The van der Waals surface area contributed by atoms with Gasteiger partial charge in [0.15, 0.2) is 0 Å². The van der Waals surface area contributed by atoms with Crippen LogP contribution in [0.1, 0.15) is 30.3 Å². The van der Waals surface area contributed by atoms with Crippen LogP contribution in [0.15, 0.2) is 22.2 Å². The molecule has 0 N–H and O–H groups in total. The van der Waals surface area contributed by atoms with Crippen LogP contribution in [-0.4, -0.2) is 52.4 Å². The number of thiophene rings is 1. The van der Waals surface area contributed by atoms with Crippen molar-refractivity contribution in [1.82, 2.24) is 14.8 Å². The normalized spacial score (nSPS) is 25.4. The Bertz CT molecular complexity index is 667. The summed E-state index contributed by atoms with van der Waals surface area (Å²) < 4.78 is 0. The number of nitrogens with zero attached hydrogens (tertiary/aromatic N) is 3. The minimum atomic E-state index is 0.0942. The lowest BCUT2D eigenvalue weighted by Crippen LogP contribution is -2.56. The van der Waals surface area contributed by atoms with Gasteiger partial charge in [-0.15, -0.1) is 11.3 Å². The highest BCUT2D eigenvalue weighted by Crippen LogP contribution is 2.28. The number of fused-ring (bicyclic) bond motifs is 1. The fourth-order valence-electron chi connectivity index (χ4n) is 3.51. The second-order valence-electron chi connectivity index (χ2n) is 6.15. The lowest BCUT2D eigenvalue weighted by molar-refractivity contribution is 0.0391. The molecule has 0 radical (unpaired) electrons. The Morgan fingerprint density at radius 1 is 1.36 bits per heavy atom. The average molecular weight is 333 g/mol. The van der Waals surface area contributed by atoms with Gasteiger partial charge in [-0.25, -0.2) is 4.98 Å². The molecule has 2 atom stereocenters. The van der Waals surface area contributed by atoms with Gasteiger partial charge in [0.25, 0.3) is 5.91 Å². The molecule has 0 aliphatic carbocycles. The van der Waals surface area contributed by atoms with Crippen LogP contribution >= 0.6 is 22.7 Å². The molecule has 2 aliphatic rings. The van der Waals surface area contributed by atoms with Crippen molar-refractivity contribution in [3.63, 3.8) is 0 Å². The molecule has 2 saturated heterocycles. The third-order valence-electron chi connectivity index (χ3n) is 4.69. The number of piperazine rings is 1. The number of hydrogen-bond acceptors (Lipinski definition) is 5. The summed E-state index contributed by atoms with van der Waals surface area (Å²) in [5, 5.41) is 6.96. The predicted molar refractivity (Wildman–Crippen MR) is 90.5 cm³/mol. The van der Waals surface area contributed by atoms with Gasteiger partial charge < -0.3 is 4.90 Å². The molecular weight excluding hydrogens is 314 g/mol. The Hall–Kier alpha value is -1.24. The minimum Gasteiger partial charge on any atom is -0.332 e. The van der Waals surface area contributed by atoms with Crippen LogP contribution in [0.5, 0.6) is 0 Å². The van der Waals surface area contributed by atoms with Gasteiger partial charge in [-0.2, -0.15) is 11.3 Å². The van der Waals surface area contributed by atoms with E-state index in [9.17, 15) is 4.79 Å². The van der Waals surface area contributed by atoms with E-state index in [0.29, 0.717) is 11.7 Å². The number of hydrogen-bond donors (Lipinski definition) is 0. The minimum absolute atomic E-state index is 0.0942. The average Bonchev–Trinajstić information content (AvgIpc) is 3.25. The monoisotopic (exact) mass is 333 g/mol. The number of amides is 1. The van der Waals surface area contributed by atoms with Crippen LogP contribution in [0.3, 0.4) is 0 Å². The molecule has 22 heavy (non-hydrogen) atoms. The summed E-state index contributed by atoms with van der Waals surface area (Å²) in [4.78, 5) is 22.0. The Balaban J connectivity index is 1.54. The first-order chi connectivity index (χ1) is 10.7. The number of carbonyl (C=O) groups is 1. The molecule has 4 rings (SSSR count). The highest BCUT2D eigenvalue weighted by Gasteiger charge is 2.37. The predicted octanol–water partition coefficient (Wildman–Crippen LogP) is 3.18. The van der Waals surface area contributed by atoms with Crippen molar-refractivity contribution in [3.05, 3.63) is 27.9 Å². The van der Waals surface area contributed by atoms with Gasteiger partial charge >= 0.3 is 0 Å². The summed E-state index contributed by atoms with van der Waals surface area (Å²) in [6.07, 6.45) is 2.48. The molecule has 0 aromatic carbocycles. The zero-order valence-electron chi connectivity index (χ0n) is 12.6. The van der Waals surface area contributed by atoms with Crippen molar-refractivity contribution in [2.24, 2.45) is 0 Å². The summed E-state index contributed by atoms with van der Waals surface area (Å²) in [5.41, 5.74) is 1.72. The van der Waals surface area contributed by atoms with Crippen LogP contribution in [0.2, 0.25) is 0 Å². The largest absolute Gasteiger partial charge is 0.332 e. The summed E-state index contributed by atoms with van der Waals surface area (Å²) >= 11 is 3.21. The SMILES string of the molecule is C[C@H]1CN2CCC[C@@H]2CN1C(=O)c1csc(-c2ccsc2)n1. The maximum absolute atomic E-state index is 12.8. The number of carbonyl (C=O) groups excluding carboxylic acids is 1. The summed E-state index contributed by atoms with van der Waals surface area (Å²) in [6, 6.07) is 2.88. The molecule has 2 aromatic rings. The molecule has 4 heterocycles. The first-order valence-corrected chi connectivity index (χ1v) is 9.58. The van der Waals surface area contributed by atoms with Crippen molar-refractivity contribution in [2.45, 2.75) is 31.8 Å². The molecule has 0 spiro atoms. The van der Waals surface area contributed by atoms with E-state index in [4.69, 9.17) is 0 Å². The lowest BCUT2D eigenvalue weighted by atomic mass is 10.1. The molecule has 2 fully saturated rings. The van der Waals surface area contributed by atoms with Gasteiger partial charge in [0.2, 0.25) is 0 Å². The van der Waals surface area contributed by atoms with E-state index in [1.807, 2.05) is 15.7 Å². The van der Waals surface area contributed by atoms with E-state index in [1.54, 1.807) is 22.7 Å². The van der Waals surface area contributed by atoms with E-state index in [1.165, 1.54) is 19.4 Å². The van der Waals surface area contributed by atoms with E-state index in [2.05, 4.69) is 28.3 Å². The Labute approximate surface area is 138 Å². The van der Waals surface area contributed by atoms with Gasteiger partial charge in [-0.05, 0) is 37.8 Å². The van der Waals surface area contributed by atoms with E-state index in [-0.39, 0.29) is 11.9 Å². The third kappa shape index (κ3) is 2.49. The second-order valence-corrected chi connectivity index (χ2v) is 7.79. The maximum Gasteiger partial charge on any atom is 0.273 e. The summed E-state index contributed by atoms with van der Waals surface area (Å²) in [6.45, 7) is 5.19. The molecular formula is C16H19N3OS2. The smallest absolute Gasteiger partial charge is 0.273 e. The van der Waals surface area contributed by atoms with Crippen LogP contribution in [0, 0.1) is 0 Å². The highest BCUT2D eigenvalue weighted by molar-refractivity contribution is 7.14. The van der Waals surface area contributed by atoms with Crippen molar-refractivity contribution >= 4 is 28.6 Å². The van der Waals surface area contributed by atoms with Gasteiger partial charge in [0, 0.05) is 41.5 Å². The summed E-state index contributed by atoms with van der Waals surface area (Å²) in [7, 11) is 0. The van der Waals surface area contributed by atoms with Gasteiger partial charge in [0.05, 0.1) is 0 Å². The molecule has 1 amide bonds. The maximum atomic E-state index is 12.8. The number of thiazole rings is 1. The van der Waals surface area contributed by atoms with Crippen LogP contribution in [0.25, 0.3) is 10.6 Å². The van der Waals surface area contributed by atoms with Crippen LogP contribution < -0.4 is 0 Å². The fraction of sp³-hybridized carbons (Fsp3) is 0.500. The lowest BCUT2D eigenvalue weighted by Gasteiger charge is -2.42. The third-order valence-corrected chi connectivity index (χ3v) is 6.26. The molecule has 6 heteroatoms. The Morgan fingerprint density at radius 2 is 2.27 bits per heavy atom. The Morgan fingerprint density at radius 3 is 3.09 bits per heavy atom. The quantitative estimate of drug-likeness (QED) is 0.847. The molecule has 2 aliphatic heterocycles. The van der Waals surface area contributed by atoms with Crippen LogP contribution in [0.4, 0.5) is 0 Å². The first-order valence-electron chi connectivity index (χ1n) is 7.75. The van der Waals surface area contributed by atoms with Crippen LogP contribution in [-0.2, 0) is 0 Å². The van der Waals surface area contributed by atoms with Crippen molar-refractivity contribution in [2.75, 3.05) is 19.6 Å². The molecule has 116 valence electrons. The fourth-order valence-corrected chi connectivity index (χ4v) is 5.01. The van der Waals surface area contributed by atoms with E-state index >= 15 is 0 Å². The van der Waals surface area contributed by atoms with Gasteiger partial charge in [-0.3, -0.25) is 9.69 Å². The number of rotatable bonds is 2. The van der Waals surface area contributed by atoms with Crippen molar-refractivity contribution < 1.29 is 4.79 Å². The molecule has 0 unspecified atom stereocenters. The topological polar surface area (TPSA) is 36.4 Å². The zero-order chi connectivity index (χ0) is 15.1. The molecule has 4 nitrogen and oxygen atoms in total. The molecule has 2 aromatic heterocycles. The van der Waals surface area contributed by atoms with Gasteiger partial charge in [-0.1, -0.05) is 0 Å². The number of aromatic nitrogens is 1. The van der Waals surface area contributed by atoms with Crippen molar-refractivity contribution in [3.8, 4) is 10.6 Å². The van der Waals surface area contributed by atoms with E-state index in [0.717, 1.165) is 23.7 Å². The molecule has 0 bridgehead atoms. The zero-order valence-corrected chi connectivity index (χ0v) is 14.2. The first kappa shape index (κ1) is 14.4. The van der Waals surface area contributed by atoms with Gasteiger partial charge in [0.1, 0.15) is 10.7 Å². The Kier molecular flexibility index (Phi) is 3.76.